The molecule has 2 aromatic heterocycles. The van der Waals surface area contributed by atoms with Crippen LogP contribution >= 0.6 is 0 Å². The van der Waals surface area contributed by atoms with Crippen molar-refractivity contribution in [2.24, 2.45) is 0 Å². The standard InChI is InChI=1S/C37H22N2O2/c38-23-24-12-16-26(17-13-24)39(28-20-21-36-33(22-28)31-7-2-3-10-34(31)40-36)27-18-14-25(15-19-27)29-8-5-9-32-30-6-1-4-11-35(30)41-37(29)32/h1-22H. The van der Waals surface area contributed by atoms with Crippen LogP contribution in [-0.4, -0.2) is 0 Å². The summed E-state index contributed by atoms with van der Waals surface area (Å²) in [6.07, 6.45) is 0. The third kappa shape index (κ3) is 3.76. The molecule has 41 heavy (non-hydrogen) atoms. The van der Waals surface area contributed by atoms with Crippen LogP contribution in [0.25, 0.3) is 55.0 Å². The fourth-order valence-electron chi connectivity index (χ4n) is 5.75. The van der Waals surface area contributed by atoms with Crippen molar-refractivity contribution in [3.8, 4) is 17.2 Å². The van der Waals surface area contributed by atoms with Gasteiger partial charge in [0, 0.05) is 44.2 Å². The largest absolute Gasteiger partial charge is 0.456 e. The minimum Gasteiger partial charge on any atom is -0.456 e. The van der Waals surface area contributed by atoms with Gasteiger partial charge >= 0.3 is 0 Å². The van der Waals surface area contributed by atoms with Crippen LogP contribution in [0.5, 0.6) is 0 Å². The highest BCUT2D eigenvalue weighted by Gasteiger charge is 2.17. The summed E-state index contributed by atoms with van der Waals surface area (Å²) in [5.74, 6) is 0. The second-order valence-electron chi connectivity index (χ2n) is 10.1. The molecule has 4 nitrogen and oxygen atoms in total. The van der Waals surface area contributed by atoms with E-state index in [1.54, 1.807) is 0 Å². The summed E-state index contributed by atoms with van der Waals surface area (Å²) in [6, 6.07) is 47.3. The predicted octanol–water partition coefficient (Wildman–Crippen LogP) is 10.5. The van der Waals surface area contributed by atoms with E-state index in [0.717, 1.165) is 72.1 Å². The van der Waals surface area contributed by atoms with Crippen molar-refractivity contribution in [1.29, 1.82) is 5.26 Å². The third-order valence-corrected chi connectivity index (χ3v) is 7.71. The van der Waals surface area contributed by atoms with E-state index in [-0.39, 0.29) is 0 Å². The molecule has 0 unspecified atom stereocenters. The minimum atomic E-state index is 0.624. The smallest absolute Gasteiger partial charge is 0.143 e. The van der Waals surface area contributed by atoms with Crippen LogP contribution in [0.3, 0.4) is 0 Å². The van der Waals surface area contributed by atoms with Gasteiger partial charge < -0.3 is 13.7 Å². The lowest BCUT2D eigenvalue weighted by Gasteiger charge is -2.26. The molecule has 0 fully saturated rings. The van der Waals surface area contributed by atoms with Crippen molar-refractivity contribution in [1.82, 2.24) is 0 Å². The Morgan fingerprint density at radius 2 is 1.07 bits per heavy atom. The fourth-order valence-corrected chi connectivity index (χ4v) is 5.75. The third-order valence-electron chi connectivity index (χ3n) is 7.71. The fraction of sp³-hybridized carbons (Fsp3) is 0. The van der Waals surface area contributed by atoms with Crippen LogP contribution in [-0.2, 0) is 0 Å². The van der Waals surface area contributed by atoms with Gasteiger partial charge in [0.1, 0.15) is 22.3 Å². The summed E-state index contributed by atoms with van der Waals surface area (Å²) in [5.41, 5.74) is 9.22. The van der Waals surface area contributed by atoms with Crippen molar-refractivity contribution in [2.45, 2.75) is 0 Å². The highest BCUT2D eigenvalue weighted by Crippen LogP contribution is 2.40. The predicted molar refractivity (Wildman–Crippen MR) is 166 cm³/mol. The molecule has 0 saturated heterocycles. The lowest BCUT2D eigenvalue weighted by molar-refractivity contribution is 0.669. The zero-order valence-electron chi connectivity index (χ0n) is 21.9. The van der Waals surface area contributed by atoms with Crippen molar-refractivity contribution in [3.05, 3.63) is 139 Å². The second kappa shape index (κ2) is 9.15. The second-order valence-corrected chi connectivity index (χ2v) is 10.1. The molecule has 0 aliphatic rings. The van der Waals surface area contributed by atoms with E-state index in [1.807, 2.05) is 66.7 Å². The van der Waals surface area contributed by atoms with Gasteiger partial charge in [0.15, 0.2) is 0 Å². The van der Waals surface area contributed by atoms with Crippen molar-refractivity contribution < 1.29 is 8.83 Å². The molecule has 0 atom stereocenters. The topological polar surface area (TPSA) is 53.3 Å². The monoisotopic (exact) mass is 526 g/mol. The van der Waals surface area contributed by atoms with Gasteiger partial charge in [-0.2, -0.15) is 5.26 Å². The first-order valence-electron chi connectivity index (χ1n) is 13.5. The maximum atomic E-state index is 9.38. The Hall–Kier alpha value is -5.79. The first-order chi connectivity index (χ1) is 20.3. The van der Waals surface area contributed by atoms with Crippen molar-refractivity contribution in [3.63, 3.8) is 0 Å². The van der Waals surface area contributed by atoms with E-state index in [0.29, 0.717) is 5.56 Å². The maximum Gasteiger partial charge on any atom is 0.143 e. The Morgan fingerprint density at radius 3 is 1.80 bits per heavy atom. The van der Waals surface area contributed by atoms with E-state index < -0.39 is 0 Å². The summed E-state index contributed by atoms with van der Waals surface area (Å²) in [6.45, 7) is 0. The molecule has 6 aromatic carbocycles. The number of furan rings is 2. The summed E-state index contributed by atoms with van der Waals surface area (Å²) < 4.78 is 12.4. The molecular formula is C37H22N2O2. The number of nitriles is 1. The average molecular weight is 527 g/mol. The summed E-state index contributed by atoms with van der Waals surface area (Å²) >= 11 is 0. The summed E-state index contributed by atoms with van der Waals surface area (Å²) in [5, 5.41) is 13.8. The highest BCUT2D eigenvalue weighted by atomic mass is 16.3. The molecule has 0 N–H and O–H groups in total. The summed E-state index contributed by atoms with van der Waals surface area (Å²) in [7, 11) is 0. The van der Waals surface area contributed by atoms with Crippen LogP contribution < -0.4 is 4.90 Å². The van der Waals surface area contributed by atoms with Crippen LogP contribution in [0.15, 0.2) is 142 Å². The van der Waals surface area contributed by atoms with E-state index >= 15 is 0 Å². The van der Waals surface area contributed by atoms with Gasteiger partial charge in [-0.1, -0.05) is 66.7 Å². The quantitative estimate of drug-likeness (QED) is 0.229. The number of nitrogens with zero attached hydrogens (tertiary/aromatic N) is 2. The van der Waals surface area contributed by atoms with Gasteiger partial charge in [-0.15, -0.1) is 0 Å². The molecule has 0 aliphatic carbocycles. The van der Waals surface area contributed by atoms with Gasteiger partial charge in [-0.05, 0) is 72.3 Å². The molecule has 0 radical (unpaired) electrons. The number of hydrogen-bond donors (Lipinski definition) is 0. The highest BCUT2D eigenvalue weighted by molar-refractivity contribution is 6.10. The molecule has 0 bridgehead atoms. The Labute approximate surface area is 235 Å². The molecular weight excluding hydrogens is 504 g/mol. The van der Waals surface area contributed by atoms with Crippen molar-refractivity contribution in [2.75, 3.05) is 4.90 Å². The Kier molecular flexibility index (Phi) is 5.16. The Morgan fingerprint density at radius 1 is 0.488 bits per heavy atom. The molecule has 4 heteroatoms. The zero-order valence-corrected chi connectivity index (χ0v) is 21.9. The number of rotatable bonds is 4. The number of para-hydroxylation sites is 3. The molecule has 2 heterocycles. The van der Waals surface area contributed by atoms with Crippen LogP contribution in [0, 0.1) is 11.3 Å². The van der Waals surface area contributed by atoms with E-state index in [1.165, 1.54) is 0 Å². The Bertz CT molecular complexity index is 2270. The number of benzene rings is 6. The average Bonchev–Trinajstić information content (AvgIpc) is 3.60. The maximum absolute atomic E-state index is 9.38. The van der Waals surface area contributed by atoms with Crippen LogP contribution in [0.1, 0.15) is 5.56 Å². The van der Waals surface area contributed by atoms with Crippen LogP contribution in [0.4, 0.5) is 17.1 Å². The Balaban J connectivity index is 1.27. The molecule has 0 amide bonds. The first-order valence-corrected chi connectivity index (χ1v) is 13.5. The van der Waals surface area contributed by atoms with E-state index in [4.69, 9.17) is 8.83 Å². The van der Waals surface area contributed by atoms with Gasteiger partial charge in [-0.25, -0.2) is 0 Å². The van der Waals surface area contributed by atoms with Crippen molar-refractivity contribution >= 4 is 60.9 Å². The normalized spacial score (nSPS) is 11.4. The van der Waals surface area contributed by atoms with Gasteiger partial charge in [-0.3, -0.25) is 0 Å². The van der Waals surface area contributed by atoms with E-state index in [9.17, 15) is 5.26 Å². The molecule has 0 aliphatic heterocycles. The zero-order chi connectivity index (χ0) is 27.3. The number of anilines is 3. The van der Waals surface area contributed by atoms with Gasteiger partial charge in [0.25, 0.3) is 0 Å². The number of fused-ring (bicyclic) bond motifs is 6. The SMILES string of the molecule is N#Cc1ccc(N(c2ccc(-c3cccc4c3oc3ccccc34)cc2)c2ccc3oc4ccccc4c3c2)cc1. The molecule has 0 saturated carbocycles. The lowest BCUT2D eigenvalue weighted by Crippen LogP contribution is -2.09. The molecule has 0 spiro atoms. The molecule has 8 aromatic rings. The molecule has 8 rings (SSSR count). The van der Waals surface area contributed by atoms with Gasteiger partial charge in [0.05, 0.1) is 11.6 Å². The molecule has 192 valence electrons. The van der Waals surface area contributed by atoms with Crippen LogP contribution in [0.2, 0.25) is 0 Å². The summed E-state index contributed by atoms with van der Waals surface area (Å²) in [4.78, 5) is 2.20. The van der Waals surface area contributed by atoms with Gasteiger partial charge in [0.2, 0.25) is 0 Å². The first kappa shape index (κ1) is 23.1. The lowest BCUT2D eigenvalue weighted by atomic mass is 10.0. The van der Waals surface area contributed by atoms with E-state index in [2.05, 4.69) is 77.7 Å². The minimum absolute atomic E-state index is 0.624. The number of hydrogen-bond acceptors (Lipinski definition) is 4.